The van der Waals surface area contributed by atoms with Crippen LogP contribution in [0.15, 0.2) is 24.3 Å². The smallest absolute Gasteiger partial charge is 0.229 e. The average Bonchev–Trinajstić information content (AvgIpc) is 2.91. The molecule has 1 aromatic rings. The summed E-state index contributed by atoms with van der Waals surface area (Å²) in [5.74, 6) is 0.0636. The predicted molar refractivity (Wildman–Crippen MR) is 71.4 cm³/mol. The Morgan fingerprint density at radius 1 is 1.44 bits per heavy atom. The summed E-state index contributed by atoms with van der Waals surface area (Å²) in [4.78, 5) is 12.0. The lowest BCUT2D eigenvalue weighted by atomic mass is 10.1. The molecular weight excluding hydrogens is 228 g/mol. The Bertz CT molecular complexity index is 401. The molecule has 0 aromatic heterocycles. The standard InChI is InChI=1S/C14H20N2O2/c1-2-15-9-11-5-3-4-6-13(11)16-14(17)12-7-8-18-10-12/h3-6,12,15H,2,7-10H2,1H3,(H,16,17). The number of hydrogen-bond acceptors (Lipinski definition) is 3. The number of hydrogen-bond donors (Lipinski definition) is 2. The number of amides is 1. The molecule has 18 heavy (non-hydrogen) atoms. The highest BCUT2D eigenvalue weighted by Gasteiger charge is 2.23. The summed E-state index contributed by atoms with van der Waals surface area (Å²) < 4.78 is 5.24. The molecule has 0 radical (unpaired) electrons. The van der Waals surface area contributed by atoms with E-state index in [1.54, 1.807) is 0 Å². The van der Waals surface area contributed by atoms with Crippen LogP contribution in [0.3, 0.4) is 0 Å². The summed E-state index contributed by atoms with van der Waals surface area (Å²) >= 11 is 0. The first-order valence-electron chi connectivity index (χ1n) is 6.48. The minimum absolute atomic E-state index is 0.00260. The molecule has 98 valence electrons. The highest BCUT2D eigenvalue weighted by atomic mass is 16.5. The van der Waals surface area contributed by atoms with Crippen LogP contribution in [0.25, 0.3) is 0 Å². The second kappa shape index (κ2) is 6.52. The number of carbonyl (C=O) groups is 1. The summed E-state index contributed by atoms with van der Waals surface area (Å²) in [5.41, 5.74) is 2.02. The molecule has 0 spiro atoms. The van der Waals surface area contributed by atoms with Crippen molar-refractivity contribution in [2.24, 2.45) is 5.92 Å². The van der Waals surface area contributed by atoms with Crippen LogP contribution in [0.4, 0.5) is 5.69 Å². The Labute approximate surface area is 108 Å². The Morgan fingerprint density at radius 3 is 3.00 bits per heavy atom. The van der Waals surface area contributed by atoms with Gasteiger partial charge in [-0.3, -0.25) is 4.79 Å². The van der Waals surface area contributed by atoms with Gasteiger partial charge in [-0.15, -0.1) is 0 Å². The minimum Gasteiger partial charge on any atom is -0.381 e. The van der Waals surface area contributed by atoms with Gasteiger partial charge in [0.2, 0.25) is 5.91 Å². The molecule has 1 heterocycles. The van der Waals surface area contributed by atoms with Crippen molar-refractivity contribution < 1.29 is 9.53 Å². The molecule has 2 rings (SSSR count). The highest BCUT2D eigenvalue weighted by molar-refractivity contribution is 5.93. The molecule has 1 unspecified atom stereocenters. The molecule has 2 N–H and O–H groups in total. The lowest BCUT2D eigenvalue weighted by Gasteiger charge is -2.13. The van der Waals surface area contributed by atoms with Crippen LogP contribution in [0, 0.1) is 5.92 Å². The Balaban J connectivity index is 2.00. The van der Waals surface area contributed by atoms with Crippen LogP contribution in [-0.4, -0.2) is 25.7 Å². The summed E-state index contributed by atoms with van der Waals surface area (Å²) in [5, 5.41) is 6.27. The van der Waals surface area contributed by atoms with Crippen molar-refractivity contribution in [2.75, 3.05) is 25.1 Å². The topological polar surface area (TPSA) is 50.4 Å². The zero-order valence-electron chi connectivity index (χ0n) is 10.7. The van der Waals surface area contributed by atoms with Crippen molar-refractivity contribution in [2.45, 2.75) is 19.9 Å². The molecule has 0 aliphatic carbocycles. The zero-order valence-corrected chi connectivity index (χ0v) is 10.7. The number of ether oxygens (including phenoxy) is 1. The number of para-hydroxylation sites is 1. The maximum Gasteiger partial charge on any atom is 0.229 e. The molecule has 4 heteroatoms. The van der Waals surface area contributed by atoms with Gasteiger partial charge in [0.05, 0.1) is 12.5 Å². The summed E-state index contributed by atoms with van der Waals surface area (Å²) in [7, 11) is 0. The minimum atomic E-state index is -0.00260. The van der Waals surface area contributed by atoms with Gasteiger partial charge < -0.3 is 15.4 Å². The highest BCUT2D eigenvalue weighted by Crippen LogP contribution is 2.19. The first kappa shape index (κ1) is 13.1. The zero-order chi connectivity index (χ0) is 12.8. The molecule has 1 atom stereocenters. The molecule has 0 saturated carbocycles. The van der Waals surface area contributed by atoms with Crippen molar-refractivity contribution in [3.63, 3.8) is 0 Å². The molecule has 1 amide bonds. The quantitative estimate of drug-likeness (QED) is 0.835. The van der Waals surface area contributed by atoms with Crippen molar-refractivity contribution in [1.82, 2.24) is 5.32 Å². The van der Waals surface area contributed by atoms with E-state index < -0.39 is 0 Å². The van der Waals surface area contributed by atoms with E-state index in [9.17, 15) is 4.79 Å². The molecule has 1 saturated heterocycles. The Morgan fingerprint density at radius 2 is 2.28 bits per heavy atom. The maximum atomic E-state index is 12.0. The van der Waals surface area contributed by atoms with Gasteiger partial charge in [0.1, 0.15) is 0 Å². The lowest BCUT2D eigenvalue weighted by molar-refractivity contribution is -0.119. The Kier molecular flexibility index (Phi) is 4.73. The van der Waals surface area contributed by atoms with Gasteiger partial charge in [-0.25, -0.2) is 0 Å². The van der Waals surface area contributed by atoms with Crippen LogP contribution in [0.1, 0.15) is 18.9 Å². The third-order valence-electron chi connectivity index (χ3n) is 3.14. The molecule has 1 aliphatic rings. The van der Waals surface area contributed by atoms with Gasteiger partial charge in [-0.2, -0.15) is 0 Å². The SMILES string of the molecule is CCNCc1ccccc1NC(=O)C1CCOC1. The maximum absolute atomic E-state index is 12.0. The number of rotatable bonds is 5. The fraction of sp³-hybridized carbons (Fsp3) is 0.500. The third-order valence-corrected chi connectivity index (χ3v) is 3.14. The molecule has 1 aliphatic heterocycles. The van der Waals surface area contributed by atoms with E-state index in [4.69, 9.17) is 4.74 Å². The number of carbonyl (C=O) groups excluding carboxylic acids is 1. The summed E-state index contributed by atoms with van der Waals surface area (Å²) in [6.45, 7) is 4.99. The third kappa shape index (κ3) is 3.31. The summed E-state index contributed by atoms with van der Waals surface area (Å²) in [6, 6.07) is 7.90. The van der Waals surface area contributed by atoms with Crippen LogP contribution in [0.2, 0.25) is 0 Å². The predicted octanol–water partition coefficient (Wildman–Crippen LogP) is 1.77. The number of nitrogens with one attached hydrogen (secondary N) is 2. The van der Waals surface area contributed by atoms with Gasteiger partial charge >= 0.3 is 0 Å². The van der Waals surface area contributed by atoms with Crippen LogP contribution in [-0.2, 0) is 16.1 Å². The second-order valence-corrected chi connectivity index (χ2v) is 4.49. The van der Waals surface area contributed by atoms with Gasteiger partial charge in [0.25, 0.3) is 0 Å². The van der Waals surface area contributed by atoms with Gasteiger partial charge in [0.15, 0.2) is 0 Å². The van der Waals surface area contributed by atoms with Crippen molar-refractivity contribution in [3.8, 4) is 0 Å². The van der Waals surface area contributed by atoms with Crippen LogP contribution < -0.4 is 10.6 Å². The van der Waals surface area contributed by atoms with Crippen molar-refractivity contribution in [1.29, 1.82) is 0 Å². The number of anilines is 1. The fourth-order valence-corrected chi connectivity index (χ4v) is 2.03. The molecule has 1 fully saturated rings. The molecule has 0 bridgehead atoms. The van der Waals surface area contributed by atoms with Gasteiger partial charge in [-0.1, -0.05) is 25.1 Å². The van der Waals surface area contributed by atoms with E-state index in [0.717, 1.165) is 30.8 Å². The average molecular weight is 248 g/mol. The molecule has 1 aromatic carbocycles. The van der Waals surface area contributed by atoms with E-state index in [0.29, 0.717) is 13.2 Å². The Hall–Kier alpha value is -1.39. The van der Waals surface area contributed by atoms with E-state index >= 15 is 0 Å². The van der Waals surface area contributed by atoms with Gasteiger partial charge in [0, 0.05) is 18.8 Å². The monoisotopic (exact) mass is 248 g/mol. The largest absolute Gasteiger partial charge is 0.381 e. The lowest BCUT2D eigenvalue weighted by Crippen LogP contribution is -2.24. The van der Waals surface area contributed by atoms with E-state index in [1.165, 1.54) is 0 Å². The van der Waals surface area contributed by atoms with E-state index in [-0.39, 0.29) is 11.8 Å². The van der Waals surface area contributed by atoms with Gasteiger partial charge in [-0.05, 0) is 24.6 Å². The normalized spacial score (nSPS) is 18.8. The first-order valence-corrected chi connectivity index (χ1v) is 6.48. The summed E-state index contributed by atoms with van der Waals surface area (Å²) in [6.07, 6.45) is 0.821. The fourth-order valence-electron chi connectivity index (χ4n) is 2.03. The second-order valence-electron chi connectivity index (χ2n) is 4.49. The molecule has 4 nitrogen and oxygen atoms in total. The van der Waals surface area contributed by atoms with Crippen LogP contribution >= 0.6 is 0 Å². The van der Waals surface area contributed by atoms with E-state index in [1.807, 2.05) is 24.3 Å². The van der Waals surface area contributed by atoms with E-state index in [2.05, 4.69) is 17.6 Å². The van der Waals surface area contributed by atoms with Crippen molar-refractivity contribution >= 4 is 11.6 Å². The first-order chi connectivity index (χ1) is 8.81. The number of benzene rings is 1. The van der Waals surface area contributed by atoms with Crippen molar-refractivity contribution in [3.05, 3.63) is 29.8 Å². The molecular formula is C14H20N2O2. The van der Waals surface area contributed by atoms with Crippen LogP contribution in [0.5, 0.6) is 0 Å².